The van der Waals surface area contributed by atoms with Gasteiger partial charge >= 0.3 is 0 Å². The topological polar surface area (TPSA) is 86.5 Å². The first-order chi connectivity index (χ1) is 14.7. The molecule has 0 saturated heterocycles. The van der Waals surface area contributed by atoms with Crippen LogP contribution in [-0.2, 0) is 4.79 Å². The number of carbonyl (C=O) groups is 1. The van der Waals surface area contributed by atoms with E-state index in [0.717, 1.165) is 22.6 Å². The largest absolute Gasteiger partial charge is 0.497 e. The van der Waals surface area contributed by atoms with Crippen molar-refractivity contribution in [1.82, 2.24) is 10.1 Å². The summed E-state index contributed by atoms with van der Waals surface area (Å²) in [6.07, 6.45) is 0. The molecule has 0 atom stereocenters. The Hall–Kier alpha value is -4.13. The summed E-state index contributed by atoms with van der Waals surface area (Å²) in [6, 6.07) is 23.7. The number of ether oxygens (including phenoxy) is 2. The summed E-state index contributed by atoms with van der Waals surface area (Å²) in [4.78, 5) is 16.4. The smallest absolute Gasteiger partial charge is 0.262 e. The predicted molar refractivity (Wildman–Crippen MR) is 112 cm³/mol. The van der Waals surface area contributed by atoms with Crippen molar-refractivity contribution >= 4 is 11.6 Å². The van der Waals surface area contributed by atoms with Crippen LogP contribution in [0.5, 0.6) is 11.5 Å². The Balaban J connectivity index is 1.36. The Morgan fingerprint density at radius 1 is 0.900 bits per heavy atom. The summed E-state index contributed by atoms with van der Waals surface area (Å²) in [7, 11) is 1.62. The molecule has 7 heteroatoms. The van der Waals surface area contributed by atoms with Crippen molar-refractivity contribution in [1.29, 1.82) is 0 Å². The van der Waals surface area contributed by atoms with Gasteiger partial charge in [0.25, 0.3) is 11.8 Å². The lowest BCUT2D eigenvalue weighted by Gasteiger charge is -2.07. The van der Waals surface area contributed by atoms with Crippen LogP contribution in [-0.4, -0.2) is 29.8 Å². The molecule has 4 aromatic rings. The zero-order valence-electron chi connectivity index (χ0n) is 16.2. The number of para-hydroxylation sites is 1. The van der Waals surface area contributed by atoms with Crippen molar-refractivity contribution < 1.29 is 18.8 Å². The van der Waals surface area contributed by atoms with Gasteiger partial charge in [0.15, 0.2) is 6.61 Å². The summed E-state index contributed by atoms with van der Waals surface area (Å²) in [6.45, 7) is -0.0869. The van der Waals surface area contributed by atoms with E-state index in [4.69, 9.17) is 14.0 Å². The number of anilines is 1. The number of nitrogens with one attached hydrogen (secondary N) is 1. The minimum atomic E-state index is -0.230. The molecule has 1 heterocycles. The minimum Gasteiger partial charge on any atom is -0.497 e. The van der Waals surface area contributed by atoms with Gasteiger partial charge < -0.3 is 19.3 Å². The number of aromatic nitrogens is 2. The highest BCUT2D eigenvalue weighted by molar-refractivity contribution is 5.91. The molecule has 1 amide bonds. The van der Waals surface area contributed by atoms with E-state index in [-0.39, 0.29) is 12.5 Å². The molecular formula is C23H19N3O4. The summed E-state index contributed by atoms with van der Waals surface area (Å²) >= 11 is 0. The fourth-order valence-electron chi connectivity index (χ4n) is 2.76. The molecular weight excluding hydrogens is 382 g/mol. The third kappa shape index (κ3) is 4.64. The van der Waals surface area contributed by atoms with E-state index in [1.807, 2.05) is 54.6 Å². The average molecular weight is 401 g/mol. The van der Waals surface area contributed by atoms with Crippen molar-refractivity contribution in [2.45, 2.75) is 0 Å². The monoisotopic (exact) mass is 401 g/mol. The van der Waals surface area contributed by atoms with Gasteiger partial charge in [0.1, 0.15) is 11.5 Å². The zero-order valence-corrected chi connectivity index (χ0v) is 16.2. The number of hydrogen-bond acceptors (Lipinski definition) is 6. The highest BCUT2D eigenvalue weighted by atomic mass is 16.5. The number of amides is 1. The Morgan fingerprint density at radius 2 is 1.57 bits per heavy atom. The molecule has 0 aliphatic carbocycles. The normalized spacial score (nSPS) is 10.4. The SMILES string of the molecule is COc1ccc(-c2noc(-c3ccc(OCC(=O)Nc4ccccc4)cc3)n2)cc1. The lowest BCUT2D eigenvalue weighted by molar-refractivity contribution is -0.118. The first-order valence-corrected chi connectivity index (χ1v) is 9.27. The molecule has 1 aromatic heterocycles. The highest BCUT2D eigenvalue weighted by Gasteiger charge is 2.11. The van der Waals surface area contributed by atoms with Crippen LogP contribution in [0.1, 0.15) is 0 Å². The van der Waals surface area contributed by atoms with E-state index in [9.17, 15) is 4.79 Å². The van der Waals surface area contributed by atoms with Crippen molar-refractivity contribution in [3.05, 3.63) is 78.9 Å². The number of benzene rings is 3. The molecule has 0 spiro atoms. The van der Waals surface area contributed by atoms with Crippen LogP contribution in [0.15, 0.2) is 83.4 Å². The molecule has 0 saturated carbocycles. The molecule has 150 valence electrons. The lowest BCUT2D eigenvalue weighted by atomic mass is 10.2. The Labute approximate surface area is 173 Å². The maximum absolute atomic E-state index is 12.0. The molecule has 0 radical (unpaired) electrons. The Bertz CT molecular complexity index is 1110. The molecule has 0 aliphatic heterocycles. The van der Waals surface area contributed by atoms with Gasteiger partial charge in [0.05, 0.1) is 7.11 Å². The maximum Gasteiger partial charge on any atom is 0.262 e. The second kappa shape index (κ2) is 8.91. The average Bonchev–Trinajstić information content (AvgIpc) is 3.29. The second-order valence-electron chi connectivity index (χ2n) is 6.38. The van der Waals surface area contributed by atoms with Crippen molar-refractivity contribution in [2.24, 2.45) is 0 Å². The van der Waals surface area contributed by atoms with Gasteiger partial charge in [-0.1, -0.05) is 23.4 Å². The standard InChI is InChI=1S/C23H19N3O4/c1-28-19-11-7-16(8-12-19)22-25-23(30-26-22)17-9-13-20(14-10-17)29-15-21(27)24-18-5-3-2-4-6-18/h2-14H,15H2,1H3,(H,24,27). The second-order valence-corrected chi connectivity index (χ2v) is 6.38. The van der Waals surface area contributed by atoms with Crippen LogP contribution in [0.2, 0.25) is 0 Å². The molecule has 7 nitrogen and oxygen atoms in total. The number of hydrogen-bond donors (Lipinski definition) is 1. The summed E-state index contributed by atoms with van der Waals surface area (Å²) in [5.41, 5.74) is 2.31. The fourth-order valence-corrected chi connectivity index (χ4v) is 2.76. The molecule has 0 aliphatic rings. The van der Waals surface area contributed by atoms with Crippen molar-refractivity contribution in [3.63, 3.8) is 0 Å². The molecule has 0 fully saturated rings. The quantitative estimate of drug-likeness (QED) is 0.493. The summed E-state index contributed by atoms with van der Waals surface area (Å²) < 4.78 is 16.1. The first kappa shape index (κ1) is 19.2. The van der Waals surface area contributed by atoms with E-state index < -0.39 is 0 Å². The van der Waals surface area contributed by atoms with E-state index in [2.05, 4.69) is 15.5 Å². The Kier molecular flexibility index (Phi) is 5.70. The van der Waals surface area contributed by atoms with E-state index >= 15 is 0 Å². The van der Waals surface area contributed by atoms with Gasteiger partial charge in [-0.2, -0.15) is 4.98 Å². The minimum absolute atomic E-state index is 0.0869. The van der Waals surface area contributed by atoms with E-state index in [0.29, 0.717) is 17.5 Å². The van der Waals surface area contributed by atoms with Crippen LogP contribution >= 0.6 is 0 Å². The summed E-state index contributed by atoms with van der Waals surface area (Å²) in [5, 5.41) is 6.80. The van der Waals surface area contributed by atoms with Crippen molar-refractivity contribution in [3.8, 4) is 34.3 Å². The summed E-state index contributed by atoms with van der Waals surface area (Å²) in [5.74, 6) is 1.98. The van der Waals surface area contributed by atoms with Crippen LogP contribution < -0.4 is 14.8 Å². The third-order valence-electron chi connectivity index (χ3n) is 4.30. The van der Waals surface area contributed by atoms with Crippen LogP contribution in [0.25, 0.3) is 22.8 Å². The predicted octanol–water partition coefficient (Wildman–Crippen LogP) is 4.43. The number of carbonyl (C=O) groups excluding carboxylic acids is 1. The third-order valence-corrected chi connectivity index (χ3v) is 4.30. The van der Waals surface area contributed by atoms with Crippen LogP contribution in [0, 0.1) is 0 Å². The molecule has 4 rings (SSSR count). The van der Waals surface area contributed by atoms with Crippen molar-refractivity contribution in [2.75, 3.05) is 19.0 Å². The zero-order chi connectivity index (χ0) is 20.8. The number of nitrogens with zero attached hydrogens (tertiary/aromatic N) is 2. The van der Waals surface area contributed by atoms with Crippen LogP contribution in [0.3, 0.4) is 0 Å². The Morgan fingerprint density at radius 3 is 2.27 bits per heavy atom. The molecule has 0 unspecified atom stereocenters. The fraction of sp³-hybridized carbons (Fsp3) is 0.0870. The van der Waals surface area contributed by atoms with Gasteiger partial charge in [-0.15, -0.1) is 0 Å². The van der Waals surface area contributed by atoms with Gasteiger partial charge in [0, 0.05) is 16.8 Å². The molecule has 30 heavy (non-hydrogen) atoms. The first-order valence-electron chi connectivity index (χ1n) is 9.27. The molecule has 3 aromatic carbocycles. The molecule has 1 N–H and O–H groups in total. The number of methoxy groups -OCH3 is 1. The number of rotatable bonds is 7. The van der Waals surface area contributed by atoms with Gasteiger partial charge in [-0.05, 0) is 60.7 Å². The van der Waals surface area contributed by atoms with Gasteiger partial charge in [-0.3, -0.25) is 4.79 Å². The molecule has 0 bridgehead atoms. The van der Waals surface area contributed by atoms with Gasteiger partial charge in [0.2, 0.25) is 5.82 Å². The van der Waals surface area contributed by atoms with Crippen LogP contribution in [0.4, 0.5) is 5.69 Å². The van der Waals surface area contributed by atoms with E-state index in [1.54, 1.807) is 31.4 Å². The maximum atomic E-state index is 12.0. The van der Waals surface area contributed by atoms with E-state index in [1.165, 1.54) is 0 Å². The van der Waals surface area contributed by atoms with Gasteiger partial charge in [-0.25, -0.2) is 0 Å². The highest BCUT2D eigenvalue weighted by Crippen LogP contribution is 2.25. The lowest BCUT2D eigenvalue weighted by Crippen LogP contribution is -2.20.